The van der Waals surface area contributed by atoms with Gasteiger partial charge in [-0.1, -0.05) is 50.1 Å². The fraction of sp³-hybridized carbons (Fsp3) is 0.391. The summed E-state index contributed by atoms with van der Waals surface area (Å²) in [5.41, 5.74) is 3.75. The number of rotatable bonds is 7. The third kappa shape index (κ3) is 4.56. The van der Waals surface area contributed by atoms with E-state index in [0.717, 1.165) is 41.0 Å². The van der Waals surface area contributed by atoms with Gasteiger partial charge in [0.15, 0.2) is 0 Å². The molecule has 1 heterocycles. The van der Waals surface area contributed by atoms with Crippen LogP contribution in [0.15, 0.2) is 42.5 Å². The lowest BCUT2D eigenvalue weighted by Crippen LogP contribution is -2.34. The molecule has 0 bridgehead atoms. The Hall–Kier alpha value is -2.33. The highest BCUT2D eigenvalue weighted by Crippen LogP contribution is 2.23. The summed E-state index contributed by atoms with van der Waals surface area (Å²) >= 11 is 6.21. The first-order chi connectivity index (χ1) is 13.4. The molecule has 0 spiro atoms. The van der Waals surface area contributed by atoms with Gasteiger partial charge in [0, 0.05) is 23.7 Å². The van der Waals surface area contributed by atoms with E-state index in [1.165, 1.54) is 0 Å². The van der Waals surface area contributed by atoms with Crippen LogP contribution in [-0.2, 0) is 13.1 Å². The van der Waals surface area contributed by atoms with Crippen molar-refractivity contribution in [3.63, 3.8) is 0 Å². The second-order valence-corrected chi connectivity index (χ2v) is 8.20. The summed E-state index contributed by atoms with van der Waals surface area (Å²) in [6.45, 7) is 10.4. The highest BCUT2D eigenvalue weighted by atomic mass is 35.5. The lowest BCUT2D eigenvalue weighted by Gasteiger charge is -2.25. The number of amides is 1. The van der Waals surface area contributed by atoms with E-state index >= 15 is 0 Å². The van der Waals surface area contributed by atoms with Crippen LogP contribution in [0.5, 0.6) is 0 Å². The van der Waals surface area contributed by atoms with Gasteiger partial charge in [-0.05, 0) is 49.6 Å². The number of fused-ring (bicyclic) bond motifs is 1. The van der Waals surface area contributed by atoms with Crippen LogP contribution in [0, 0.1) is 12.8 Å². The van der Waals surface area contributed by atoms with Gasteiger partial charge in [0.2, 0.25) is 0 Å². The zero-order chi connectivity index (χ0) is 20.3. The minimum atomic E-state index is 0.0468. The largest absolute Gasteiger partial charge is 0.331 e. The Balaban J connectivity index is 1.98. The third-order valence-electron chi connectivity index (χ3n) is 4.71. The van der Waals surface area contributed by atoms with Gasteiger partial charge in [0.1, 0.15) is 5.82 Å². The van der Waals surface area contributed by atoms with E-state index in [4.69, 9.17) is 16.6 Å². The first-order valence-corrected chi connectivity index (χ1v) is 10.3. The third-order valence-corrected chi connectivity index (χ3v) is 4.94. The van der Waals surface area contributed by atoms with E-state index in [1.54, 1.807) is 0 Å². The van der Waals surface area contributed by atoms with Gasteiger partial charge in [-0.3, -0.25) is 4.79 Å². The van der Waals surface area contributed by atoms with Gasteiger partial charge in [-0.25, -0.2) is 4.98 Å². The molecule has 1 aromatic heterocycles. The first-order valence-electron chi connectivity index (χ1n) is 9.89. The minimum absolute atomic E-state index is 0.0468. The average Bonchev–Trinajstić information content (AvgIpc) is 2.97. The number of carbonyl (C=O) groups excluding carboxylic acids is 1. The SMILES string of the molecule is CCCn1c(CN(CC(C)C)C(=O)c2cccc(C)c2)nc2ccc(Cl)cc21. The molecule has 1 amide bonds. The molecule has 3 rings (SSSR count). The maximum Gasteiger partial charge on any atom is 0.254 e. The van der Waals surface area contributed by atoms with Gasteiger partial charge in [-0.15, -0.1) is 0 Å². The predicted octanol–water partition coefficient (Wildman–Crippen LogP) is 5.71. The number of imidazole rings is 1. The monoisotopic (exact) mass is 397 g/mol. The molecule has 0 N–H and O–H groups in total. The lowest BCUT2D eigenvalue weighted by molar-refractivity contribution is 0.0716. The van der Waals surface area contributed by atoms with Crippen molar-refractivity contribution in [2.45, 2.75) is 47.2 Å². The summed E-state index contributed by atoms with van der Waals surface area (Å²) in [6.07, 6.45) is 0.987. The van der Waals surface area contributed by atoms with Crippen molar-refractivity contribution in [2.24, 2.45) is 5.92 Å². The molecule has 2 aromatic carbocycles. The normalized spacial score (nSPS) is 11.4. The number of carbonyl (C=O) groups is 1. The molecule has 0 saturated heterocycles. The second kappa shape index (κ2) is 8.78. The van der Waals surface area contributed by atoms with Gasteiger partial charge in [-0.2, -0.15) is 0 Å². The number of halogens is 1. The van der Waals surface area contributed by atoms with E-state index in [-0.39, 0.29) is 5.91 Å². The molecule has 0 aliphatic carbocycles. The Morgan fingerprint density at radius 3 is 2.68 bits per heavy atom. The Kier molecular flexibility index (Phi) is 6.40. The Labute approximate surface area is 172 Å². The predicted molar refractivity (Wildman–Crippen MR) is 116 cm³/mol. The van der Waals surface area contributed by atoms with Crippen molar-refractivity contribution in [2.75, 3.05) is 6.54 Å². The number of nitrogens with zero attached hydrogens (tertiary/aromatic N) is 3. The molecule has 5 heteroatoms. The first kappa shape index (κ1) is 20.4. The maximum atomic E-state index is 13.2. The summed E-state index contributed by atoms with van der Waals surface area (Å²) in [5.74, 6) is 1.32. The highest BCUT2D eigenvalue weighted by Gasteiger charge is 2.21. The second-order valence-electron chi connectivity index (χ2n) is 7.76. The highest BCUT2D eigenvalue weighted by molar-refractivity contribution is 6.31. The fourth-order valence-corrected chi connectivity index (χ4v) is 3.70. The average molecular weight is 398 g/mol. The lowest BCUT2D eigenvalue weighted by atomic mass is 10.1. The van der Waals surface area contributed by atoms with Crippen molar-refractivity contribution in [1.29, 1.82) is 0 Å². The van der Waals surface area contributed by atoms with Crippen LogP contribution in [-0.4, -0.2) is 26.9 Å². The van der Waals surface area contributed by atoms with E-state index in [0.29, 0.717) is 24.0 Å². The molecular formula is C23H28ClN3O. The van der Waals surface area contributed by atoms with Crippen LogP contribution < -0.4 is 0 Å². The van der Waals surface area contributed by atoms with Gasteiger partial charge < -0.3 is 9.47 Å². The smallest absolute Gasteiger partial charge is 0.254 e. The van der Waals surface area contributed by atoms with Crippen LogP contribution in [0.25, 0.3) is 11.0 Å². The van der Waals surface area contributed by atoms with Crippen LogP contribution in [0.2, 0.25) is 5.02 Å². The molecule has 3 aromatic rings. The zero-order valence-electron chi connectivity index (χ0n) is 17.1. The molecule has 0 aliphatic rings. The van der Waals surface area contributed by atoms with Crippen molar-refractivity contribution in [1.82, 2.24) is 14.5 Å². The molecule has 4 nitrogen and oxygen atoms in total. The van der Waals surface area contributed by atoms with Gasteiger partial charge >= 0.3 is 0 Å². The summed E-state index contributed by atoms with van der Waals surface area (Å²) in [4.78, 5) is 20.0. The molecular weight excluding hydrogens is 370 g/mol. The van der Waals surface area contributed by atoms with E-state index < -0.39 is 0 Å². The summed E-state index contributed by atoms with van der Waals surface area (Å²) in [5, 5.41) is 0.700. The summed E-state index contributed by atoms with van der Waals surface area (Å²) in [7, 11) is 0. The molecule has 0 unspecified atom stereocenters. The number of aromatic nitrogens is 2. The molecule has 0 atom stereocenters. The Bertz CT molecular complexity index is 977. The van der Waals surface area contributed by atoms with Crippen LogP contribution in [0.1, 0.15) is 48.9 Å². The molecule has 0 aliphatic heterocycles. The molecule has 0 radical (unpaired) electrons. The summed E-state index contributed by atoms with van der Waals surface area (Å²) < 4.78 is 2.19. The molecule has 28 heavy (non-hydrogen) atoms. The van der Waals surface area contributed by atoms with E-state index in [9.17, 15) is 4.79 Å². The van der Waals surface area contributed by atoms with Crippen LogP contribution in [0.4, 0.5) is 0 Å². The van der Waals surface area contributed by atoms with Crippen molar-refractivity contribution < 1.29 is 4.79 Å². The van der Waals surface area contributed by atoms with E-state index in [1.807, 2.05) is 54.3 Å². The standard InChI is InChI=1S/C23H28ClN3O/c1-5-11-27-21-13-19(24)9-10-20(21)25-22(27)15-26(14-16(2)3)23(28)18-8-6-7-17(4)12-18/h6-10,12-13,16H,5,11,14-15H2,1-4H3. The van der Waals surface area contributed by atoms with Crippen LogP contribution in [0.3, 0.4) is 0 Å². The van der Waals surface area contributed by atoms with Gasteiger partial charge in [0.25, 0.3) is 5.91 Å². The number of benzene rings is 2. The summed E-state index contributed by atoms with van der Waals surface area (Å²) in [6, 6.07) is 13.5. The van der Waals surface area contributed by atoms with Crippen LogP contribution >= 0.6 is 11.6 Å². The van der Waals surface area contributed by atoms with E-state index in [2.05, 4.69) is 25.3 Å². The van der Waals surface area contributed by atoms with Crippen molar-refractivity contribution >= 4 is 28.5 Å². The van der Waals surface area contributed by atoms with Crippen molar-refractivity contribution in [3.05, 3.63) is 64.4 Å². The molecule has 148 valence electrons. The Morgan fingerprint density at radius 2 is 2.00 bits per heavy atom. The topological polar surface area (TPSA) is 38.1 Å². The quantitative estimate of drug-likeness (QED) is 0.512. The maximum absolute atomic E-state index is 13.2. The fourth-order valence-electron chi connectivity index (χ4n) is 3.53. The Morgan fingerprint density at radius 1 is 1.21 bits per heavy atom. The van der Waals surface area contributed by atoms with Crippen molar-refractivity contribution in [3.8, 4) is 0 Å². The minimum Gasteiger partial charge on any atom is -0.331 e. The molecule has 0 fully saturated rings. The molecule has 0 saturated carbocycles. The zero-order valence-corrected chi connectivity index (χ0v) is 17.8. The number of hydrogen-bond acceptors (Lipinski definition) is 2. The van der Waals surface area contributed by atoms with Gasteiger partial charge in [0.05, 0.1) is 17.6 Å². The number of hydrogen-bond donors (Lipinski definition) is 0. The number of aryl methyl sites for hydroxylation is 2.